The van der Waals surface area contributed by atoms with Gasteiger partial charge in [-0.3, -0.25) is 4.79 Å². The van der Waals surface area contributed by atoms with Crippen LogP contribution in [0.25, 0.3) is 0 Å². The maximum atomic E-state index is 11.8. The Morgan fingerprint density at radius 1 is 1.32 bits per heavy atom. The molecule has 1 rings (SSSR count). The second kappa shape index (κ2) is 7.60. The van der Waals surface area contributed by atoms with E-state index in [4.69, 9.17) is 5.73 Å². The minimum Gasteiger partial charge on any atom is -0.335 e. The highest BCUT2D eigenvalue weighted by atomic mass is 16.2. The largest absolute Gasteiger partial charge is 0.335 e. The standard InChI is InChI=1S/C16H22N2O/c1-13(2)15(17)11-12-18(3)16(19)10-9-14-7-5-4-6-8-14/h4-8,13,15H,11-12,17H2,1-3H3. The van der Waals surface area contributed by atoms with Gasteiger partial charge in [0, 0.05) is 31.1 Å². The zero-order valence-corrected chi connectivity index (χ0v) is 11.9. The predicted molar refractivity (Wildman–Crippen MR) is 78.4 cm³/mol. The summed E-state index contributed by atoms with van der Waals surface area (Å²) in [7, 11) is 1.76. The van der Waals surface area contributed by atoms with Gasteiger partial charge in [-0.15, -0.1) is 0 Å². The van der Waals surface area contributed by atoms with Gasteiger partial charge in [0.1, 0.15) is 0 Å². The van der Waals surface area contributed by atoms with Crippen LogP contribution < -0.4 is 5.73 Å². The Hall–Kier alpha value is -1.79. The molecule has 3 heteroatoms. The van der Waals surface area contributed by atoms with Gasteiger partial charge < -0.3 is 10.6 Å². The van der Waals surface area contributed by atoms with Crippen molar-refractivity contribution in [2.45, 2.75) is 26.3 Å². The molecule has 0 heterocycles. The molecule has 0 aliphatic heterocycles. The molecule has 19 heavy (non-hydrogen) atoms. The Bertz CT molecular complexity index is 457. The summed E-state index contributed by atoms with van der Waals surface area (Å²) in [5, 5.41) is 0. The molecule has 1 aromatic carbocycles. The second-order valence-electron chi connectivity index (χ2n) is 5.04. The van der Waals surface area contributed by atoms with Gasteiger partial charge in [0.05, 0.1) is 0 Å². The van der Waals surface area contributed by atoms with E-state index in [1.54, 1.807) is 11.9 Å². The molecule has 0 saturated carbocycles. The van der Waals surface area contributed by atoms with Crippen LogP contribution in [-0.2, 0) is 4.79 Å². The molecule has 0 bridgehead atoms. The SMILES string of the molecule is CC(C)C(N)CCN(C)C(=O)C#Cc1ccccc1. The van der Waals surface area contributed by atoms with Crippen molar-refractivity contribution in [3.05, 3.63) is 35.9 Å². The van der Waals surface area contributed by atoms with Crippen molar-refractivity contribution in [3.63, 3.8) is 0 Å². The lowest BCUT2D eigenvalue weighted by molar-refractivity contribution is -0.124. The summed E-state index contributed by atoms with van der Waals surface area (Å²) in [5.74, 6) is 5.77. The van der Waals surface area contributed by atoms with Gasteiger partial charge in [-0.1, -0.05) is 38.0 Å². The molecular formula is C16H22N2O. The third-order valence-electron chi connectivity index (χ3n) is 3.09. The minimum absolute atomic E-state index is 0.123. The van der Waals surface area contributed by atoms with E-state index in [2.05, 4.69) is 25.7 Å². The first-order valence-corrected chi connectivity index (χ1v) is 6.58. The van der Waals surface area contributed by atoms with Gasteiger partial charge in [0.2, 0.25) is 0 Å². The number of amides is 1. The Morgan fingerprint density at radius 2 is 1.95 bits per heavy atom. The molecule has 1 amide bonds. The zero-order chi connectivity index (χ0) is 14.3. The van der Waals surface area contributed by atoms with Crippen molar-refractivity contribution in [1.82, 2.24) is 4.90 Å². The van der Waals surface area contributed by atoms with E-state index in [1.807, 2.05) is 30.3 Å². The van der Waals surface area contributed by atoms with E-state index in [1.165, 1.54) is 0 Å². The average molecular weight is 258 g/mol. The van der Waals surface area contributed by atoms with Crippen molar-refractivity contribution >= 4 is 5.91 Å². The fourth-order valence-corrected chi connectivity index (χ4v) is 1.52. The molecule has 102 valence electrons. The lowest BCUT2D eigenvalue weighted by atomic mass is 10.0. The van der Waals surface area contributed by atoms with Gasteiger partial charge in [-0.25, -0.2) is 0 Å². The maximum absolute atomic E-state index is 11.8. The molecule has 1 unspecified atom stereocenters. The molecule has 2 N–H and O–H groups in total. The van der Waals surface area contributed by atoms with Gasteiger partial charge in [-0.2, -0.15) is 0 Å². The summed E-state index contributed by atoms with van der Waals surface area (Å²) >= 11 is 0. The lowest BCUT2D eigenvalue weighted by Crippen LogP contribution is -2.34. The molecule has 3 nitrogen and oxygen atoms in total. The number of carbonyl (C=O) groups is 1. The number of carbonyl (C=O) groups excluding carboxylic acids is 1. The first-order valence-electron chi connectivity index (χ1n) is 6.58. The Labute approximate surface area is 115 Å². The van der Waals surface area contributed by atoms with Gasteiger partial charge in [-0.05, 0) is 24.5 Å². The monoisotopic (exact) mass is 258 g/mol. The highest BCUT2D eigenvalue weighted by molar-refractivity contribution is 5.93. The number of hydrogen-bond acceptors (Lipinski definition) is 2. The summed E-state index contributed by atoms with van der Waals surface area (Å²) in [6, 6.07) is 9.62. The Kier molecular flexibility index (Phi) is 6.11. The first kappa shape index (κ1) is 15.3. The molecule has 1 aromatic rings. The van der Waals surface area contributed by atoms with E-state index >= 15 is 0 Å². The van der Waals surface area contributed by atoms with E-state index in [0.717, 1.165) is 12.0 Å². The normalized spacial score (nSPS) is 11.6. The van der Waals surface area contributed by atoms with Gasteiger partial charge in [0.15, 0.2) is 0 Å². The molecule has 0 aliphatic carbocycles. The van der Waals surface area contributed by atoms with Crippen molar-refractivity contribution in [2.24, 2.45) is 11.7 Å². The molecule has 1 atom stereocenters. The number of nitrogens with zero attached hydrogens (tertiary/aromatic N) is 1. The van der Waals surface area contributed by atoms with Gasteiger partial charge >= 0.3 is 0 Å². The number of hydrogen-bond donors (Lipinski definition) is 1. The van der Waals surface area contributed by atoms with Crippen LogP contribution in [0.15, 0.2) is 30.3 Å². The van der Waals surface area contributed by atoms with E-state index in [0.29, 0.717) is 12.5 Å². The van der Waals surface area contributed by atoms with Crippen LogP contribution in [0.2, 0.25) is 0 Å². The summed E-state index contributed by atoms with van der Waals surface area (Å²) in [6.45, 7) is 4.81. The molecular weight excluding hydrogens is 236 g/mol. The second-order valence-corrected chi connectivity index (χ2v) is 5.04. The van der Waals surface area contributed by atoms with Crippen LogP contribution in [0.4, 0.5) is 0 Å². The van der Waals surface area contributed by atoms with Crippen LogP contribution >= 0.6 is 0 Å². The van der Waals surface area contributed by atoms with Crippen molar-refractivity contribution in [1.29, 1.82) is 0 Å². The van der Waals surface area contributed by atoms with Crippen molar-refractivity contribution < 1.29 is 4.79 Å². The van der Waals surface area contributed by atoms with Crippen LogP contribution in [-0.4, -0.2) is 30.4 Å². The highest BCUT2D eigenvalue weighted by Crippen LogP contribution is 2.03. The van der Waals surface area contributed by atoms with E-state index in [-0.39, 0.29) is 11.9 Å². The van der Waals surface area contributed by atoms with Crippen LogP contribution in [0, 0.1) is 17.8 Å². The van der Waals surface area contributed by atoms with E-state index in [9.17, 15) is 4.79 Å². The quantitative estimate of drug-likeness (QED) is 0.838. The molecule has 0 aliphatic rings. The number of rotatable bonds is 4. The summed E-state index contributed by atoms with van der Waals surface area (Å²) in [6.07, 6.45) is 0.799. The number of benzene rings is 1. The lowest BCUT2D eigenvalue weighted by Gasteiger charge is -2.19. The Balaban J connectivity index is 2.48. The van der Waals surface area contributed by atoms with E-state index < -0.39 is 0 Å². The molecule has 0 saturated heterocycles. The summed E-state index contributed by atoms with van der Waals surface area (Å²) < 4.78 is 0. The van der Waals surface area contributed by atoms with Crippen LogP contribution in [0.3, 0.4) is 0 Å². The fourth-order valence-electron chi connectivity index (χ4n) is 1.52. The van der Waals surface area contributed by atoms with Gasteiger partial charge in [0.25, 0.3) is 5.91 Å². The third-order valence-corrected chi connectivity index (χ3v) is 3.09. The maximum Gasteiger partial charge on any atom is 0.298 e. The topological polar surface area (TPSA) is 46.3 Å². The minimum atomic E-state index is -0.167. The van der Waals surface area contributed by atoms with Crippen LogP contribution in [0.1, 0.15) is 25.8 Å². The Morgan fingerprint density at radius 3 is 2.53 bits per heavy atom. The first-order chi connectivity index (χ1) is 9.00. The zero-order valence-electron chi connectivity index (χ0n) is 11.9. The molecule has 0 aromatic heterocycles. The smallest absolute Gasteiger partial charge is 0.298 e. The summed E-state index contributed by atoms with van der Waals surface area (Å²) in [5.41, 5.74) is 6.81. The molecule has 0 spiro atoms. The average Bonchev–Trinajstić information content (AvgIpc) is 2.42. The van der Waals surface area contributed by atoms with Crippen LogP contribution in [0.5, 0.6) is 0 Å². The predicted octanol–water partition coefficient (Wildman–Crippen LogP) is 1.87. The highest BCUT2D eigenvalue weighted by Gasteiger charge is 2.11. The third kappa shape index (κ3) is 5.58. The molecule has 0 radical (unpaired) electrons. The number of nitrogens with two attached hydrogens (primary N) is 1. The van der Waals surface area contributed by atoms with Crippen molar-refractivity contribution in [3.8, 4) is 11.8 Å². The summed E-state index contributed by atoms with van der Waals surface area (Å²) in [4.78, 5) is 13.4. The fraction of sp³-hybridized carbons (Fsp3) is 0.438. The molecule has 0 fully saturated rings. The van der Waals surface area contributed by atoms with Crippen molar-refractivity contribution in [2.75, 3.05) is 13.6 Å².